The highest BCUT2D eigenvalue weighted by molar-refractivity contribution is 7.12. The van der Waals surface area contributed by atoms with Gasteiger partial charge in [0.05, 0.1) is 5.56 Å². The highest BCUT2D eigenvalue weighted by Crippen LogP contribution is 2.14. The van der Waals surface area contributed by atoms with Crippen LogP contribution in [0.3, 0.4) is 0 Å². The summed E-state index contributed by atoms with van der Waals surface area (Å²) in [6.45, 7) is 0. The molecule has 0 atom stereocenters. The summed E-state index contributed by atoms with van der Waals surface area (Å²) in [6, 6.07) is 1.48. The van der Waals surface area contributed by atoms with E-state index in [4.69, 9.17) is 11.5 Å². The van der Waals surface area contributed by atoms with Crippen molar-refractivity contribution in [2.75, 3.05) is 0 Å². The number of thiophene rings is 1. The molecule has 66 valence electrons. The van der Waals surface area contributed by atoms with E-state index in [9.17, 15) is 9.59 Å². The van der Waals surface area contributed by atoms with E-state index in [1.165, 1.54) is 6.07 Å². The van der Waals surface area contributed by atoms with Gasteiger partial charge in [0.2, 0.25) is 5.91 Å². The van der Waals surface area contributed by atoms with Gasteiger partial charge in [-0.25, -0.2) is 0 Å². The van der Waals surface area contributed by atoms with Crippen molar-refractivity contribution >= 4 is 35.6 Å². The van der Waals surface area contributed by atoms with Gasteiger partial charge >= 0.3 is 0 Å². The quantitative estimate of drug-likeness (QED) is 0.733. The van der Waals surface area contributed by atoms with Gasteiger partial charge in [-0.2, -0.15) is 0 Å². The molecule has 0 aliphatic heterocycles. The van der Waals surface area contributed by atoms with Crippen molar-refractivity contribution < 1.29 is 9.59 Å². The Labute approximate surface area is 79.0 Å². The van der Waals surface area contributed by atoms with Crippen LogP contribution in [0.25, 0.3) is 0 Å². The van der Waals surface area contributed by atoms with Crippen molar-refractivity contribution in [1.29, 1.82) is 0 Å². The number of primary amides is 2. The molecule has 0 bridgehead atoms. The topological polar surface area (TPSA) is 86.2 Å². The van der Waals surface area contributed by atoms with Crippen LogP contribution in [0.2, 0.25) is 0 Å². The molecule has 12 heavy (non-hydrogen) atoms. The van der Waals surface area contributed by atoms with Crippen LogP contribution in [0.5, 0.6) is 0 Å². The number of carbonyl (C=O) groups excluding carboxylic acids is 2. The second-order valence-corrected chi connectivity index (χ2v) is 2.81. The summed E-state index contributed by atoms with van der Waals surface area (Å²) in [6.07, 6.45) is 0. The van der Waals surface area contributed by atoms with Gasteiger partial charge in [0, 0.05) is 0 Å². The van der Waals surface area contributed by atoms with E-state index >= 15 is 0 Å². The van der Waals surface area contributed by atoms with E-state index in [0.29, 0.717) is 0 Å². The van der Waals surface area contributed by atoms with Crippen molar-refractivity contribution in [2.45, 2.75) is 0 Å². The number of hydrogen-bond acceptors (Lipinski definition) is 3. The summed E-state index contributed by atoms with van der Waals surface area (Å²) in [5.41, 5.74) is 10.1. The first-order valence-electron chi connectivity index (χ1n) is 2.80. The zero-order valence-electron chi connectivity index (χ0n) is 5.94. The van der Waals surface area contributed by atoms with Crippen LogP contribution in [0.4, 0.5) is 0 Å². The fourth-order valence-electron chi connectivity index (χ4n) is 0.694. The van der Waals surface area contributed by atoms with Crippen molar-refractivity contribution in [3.05, 3.63) is 21.9 Å². The Bertz CT molecular complexity index is 282. The van der Waals surface area contributed by atoms with Gasteiger partial charge in [0.15, 0.2) is 0 Å². The van der Waals surface area contributed by atoms with E-state index in [0.717, 1.165) is 11.3 Å². The molecule has 1 aromatic heterocycles. The van der Waals surface area contributed by atoms with Gasteiger partial charge in [0.1, 0.15) is 4.88 Å². The second kappa shape index (κ2) is 4.08. The number of nitrogens with two attached hydrogens (primary N) is 2. The smallest absolute Gasteiger partial charge is 0.259 e. The molecule has 0 fully saturated rings. The van der Waals surface area contributed by atoms with Crippen molar-refractivity contribution in [2.24, 2.45) is 11.5 Å². The lowest BCUT2D eigenvalue weighted by molar-refractivity contribution is 0.0970. The van der Waals surface area contributed by atoms with Crippen LogP contribution in [0, 0.1) is 0 Å². The number of rotatable bonds is 2. The molecular weight excluding hydrogens is 200 g/mol. The van der Waals surface area contributed by atoms with Crippen LogP contribution in [-0.4, -0.2) is 11.8 Å². The summed E-state index contributed by atoms with van der Waals surface area (Å²) >= 11 is 1.11. The molecule has 0 aliphatic carbocycles. The molecule has 0 saturated heterocycles. The van der Waals surface area contributed by atoms with E-state index in [-0.39, 0.29) is 22.8 Å². The number of hydrogen-bond donors (Lipinski definition) is 2. The van der Waals surface area contributed by atoms with Gasteiger partial charge < -0.3 is 11.5 Å². The molecule has 0 saturated carbocycles. The molecule has 4 N–H and O–H groups in total. The maximum atomic E-state index is 10.6. The molecular formula is C6H7ClN2O2S. The number of halogens is 1. The van der Waals surface area contributed by atoms with Crippen LogP contribution in [0.15, 0.2) is 11.4 Å². The third-order valence-corrected chi connectivity index (χ3v) is 2.08. The predicted octanol–water partition coefficient (Wildman–Crippen LogP) is 0.368. The van der Waals surface area contributed by atoms with Gasteiger partial charge in [-0.15, -0.1) is 23.7 Å². The Morgan fingerprint density at radius 2 is 1.83 bits per heavy atom. The van der Waals surface area contributed by atoms with Crippen LogP contribution in [-0.2, 0) is 0 Å². The Morgan fingerprint density at radius 3 is 2.17 bits per heavy atom. The summed E-state index contributed by atoms with van der Waals surface area (Å²) in [4.78, 5) is 21.4. The number of carbonyl (C=O) groups is 2. The molecule has 0 aromatic carbocycles. The highest BCUT2D eigenvalue weighted by Gasteiger charge is 2.13. The first kappa shape index (κ1) is 10.9. The standard InChI is InChI=1S/C6H6N2O2S.ClH/c7-5(9)3-1-2-11-4(3)6(8)10;/h1-2H,(H2,7,9)(H2,8,10);1H. The van der Waals surface area contributed by atoms with Gasteiger partial charge in [-0.1, -0.05) is 0 Å². The molecule has 0 spiro atoms. The highest BCUT2D eigenvalue weighted by atomic mass is 35.5. The molecule has 1 rings (SSSR count). The second-order valence-electron chi connectivity index (χ2n) is 1.89. The minimum atomic E-state index is -0.625. The summed E-state index contributed by atoms with van der Waals surface area (Å²) in [7, 11) is 0. The summed E-state index contributed by atoms with van der Waals surface area (Å²) < 4.78 is 0. The fourth-order valence-corrected chi connectivity index (χ4v) is 1.45. The normalized spacial score (nSPS) is 8.67. The Morgan fingerprint density at radius 1 is 1.25 bits per heavy atom. The van der Waals surface area contributed by atoms with E-state index < -0.39 is 11.8 Å². The van der Waals surface area contributed by atoms with Crippen LogP contribution >= 0.6 is 23.7 Å². The van der Waals surface area contributed by atoms with Crippen molar-refractivity contribution in [3.8, 4) is 0 Å². The molecule has 0 radical (unpaired) electrons. The Kier molecular flexibility index (Phi) is 3.72. The monoisotopic (exact) mass is 206 g/mol. The van der Waals surface area contributed by atoms with Crippen LogP contribution in [0.1, 0.15) is 20.0 Å². The van der Waals surface area contributed by atoms with E-state index in [1.54, 1.807) is 5.38 Å². The maximum Gasteiger partial charge on any atom is 0.259 e. The molecule has 2 amide bonds. The average molecular weight is 207 g/mol. The third kappa shape index (κ3) is 1.96. The molecule has 6 heteroatoms. The Hall–Kier alpha value is -1.07. The lowest BCUT2D eigenvalue weighted by Gasteiger charge is -1.92. The zero-order valence-corrected chi connectivity index (χ0v) is 7.58. The Balaban J connectivity index is 0.00000121. The first-order chi connectivity index (χ1) is 5.13. The number of amides is 2. The molecule has 0 aliphatic rings. The average Bonchev–Trinajstić information content (AvgIpc) is 2.32. The van der Waals surface area contributed by atoms with Gasteiger partial charge in [-0.3, -0.25) is 9.59 Å². The van der Waals surface area contributed by atoms with Crippen molar-refractivity contribution in [3.63, 3.8) is 0 Å². The van der Waals surface area contributed by atoms with Gasteiger partial charge in [0.25, 0.3) is 5.91 Å². The minimum absolute atomic E-state index is 0. The SMILES string of the molecule is Cl.NC(=O)c1ccsc1C(N)=O. The maximum absolute atomic E-state index is 10.6. The van der Waals surface area contributed by atoms with E-state index in [1.807, 2.05) is 0 Å². The first-order valence-corrected chi connectivity index (χ1v) is 3.68. The fraction of sp³-hybridized carbons (Fsp3) is 0. The van der Waals surface area contributed by atoms with Gasteiger partial charge in [-0.05, 0) is 11.4 Å². The lowest BCUT2D eigenvalue weighted by atomic mass is 10.2. The third-order valence-electron chi connectivity index (χ3n) is 1.15. The zero-order chi connectivity index (χ0) is 8.43. The predicted molar refractivity (Wildman–Crippen MR) is 48.6 cm³/mol. The van der Waals surface area contributed by atoms with E-state index in [2.05, 4.69) is 0 Å². The largest absolute Gasteiger partial charge is 0.366 e. The molecule has 1 aromatic rings. The van der Waals surface area contributed by atoms with Crippen molar-refractivity contribution in [1.82, 2.24) is 0 Å². The minimum Gasteiger partial charge on any atom is -0.366 e. The molecule has 4 nitrogen and oxygen atoms in total. The molecule has 1 heterocycles. The summed E-state index contributed by atoms with van der Waals surface area (Å²) in [5, 5.41) is 1.60. The molecule has 0 unspecified atom stereocenters. The lowest BCUT2D eigenvalue weighted by Crippen LogP contribution is -2.17. The van der Waals surface area contributed by atoms with Crippen LogP contribution < -0.4 is 11.5 Å². The summed E-state index contributed by atoms with van der Waals surface area (Å²) in [5.74, 6) is -1.24.